The largest absolute Gasteiger partial charge is 0.310 e. The summed E-state index contributed by atoms with van der Waals surface area (Å²) in [7, 11) is -1.12. The van der Waals surface area contributed by atoms with Crippen molar-refractivity contribution in [2.24, 2.45) is 0 Å². The van der Waals surface area contributed by atoms with Gasteiger partial charge in [0.25, 0.3) is 0 Å². The molecule has 0 bridgehead atoms. The van der Waals surface area contributed by atoms with Crippen molar-refractivity contribution in [2.75, 3.05) is 10.0 Å². The van der Waals surface area contributed by atoms with Gasteiger partial charge in [-0.25, -0.2) is 18.6 Å². The van der Waals surface area contributed by atoms with Crippen LogP contribution in [0.4, 0.5) is 15.3 Å². The molecule has 3 aromatic rings. The number of pyridine rings is 2. The van der Waals surface area contributed by atoms with Crippen LogP contribution in [-0.2, 0) is 15.8 Å². The SMILES string of the molecule is CCC(C(=O)Nc1ccc(-c2cncc(F)c2)cn1)c1csc(NS(=O)C2CC2)n1. The average molecular weight is 446 g/mol. The van der Waals surface area contributed by atoms with Gasteiger partial charge in [0.15, 0.2) is 5.13 Å². The molecular weight excluding hydrogens is 425 g/mol. The van der Waals surface area contributed by atoms with Crippen LogP contribution in [0.5, 0.6) is 0 Å². The third-order valence-electron chi connectivity index (χ3n) is 4.67. The molecule has 1 aliphatic rings. The maximum Gasteiger partial charge on any atom is 0.234 e. The van der Waals surface area contributed by atoms with E-state index in [0.717, 1.165) is 19.0 Å². The van der Waals surface area contributed by atoms with E-state index in [-0.39, 0.29) is 11.2 Å². The smallest absolute Gasteiger partial charge is 0.234 e. The van der Waals surface area contributed by atoms with Gasteiger partial charge in [-0.1, -0.05) is 6.92 Å². The summed E-state index contributed by atoms with van der Waals surface area (Å²) in [6.07, 6.45) is 6.76. The van der Waals surface area contributed by atoms with E-state index < -0.39 is 22.7 Å². The number of rotatable bonds is 8. The summed E-state index contributed by atoms with van der Waals surface area (Å²) in [6, 6.07) is 4.79. The van der Waals surface area contributed by atoms with Crippen LogP contribution in [0.1, 0.15) is 37.8 Å². The number of carbonyl (C=O) groups excluding carboxylic acids is 1. The summed E-state index contributed by atoms with van der Waals surface area (Å²) in [5, 5.41) is 5.39. The van der Waals surface area contributed by atoms with Gasteiger partial charge in [0.2, 0.25) is 5.91 Å². The summed E-state index contributed by atoms with van der Waals surface area (Å²) in [5.41, 5.74) is 1.95. The predicted molar refractivity (Wildman–Crippen MR) is 116 cm³/mol. The highest BCUT2D eigenvalue weighted by Gasteiger charge is 2.29. The Morgan fingerprint density at radius 3 is 2.80 bits per heavy atom. The van der Waals surface area contributed by atoms with E-state index in [9.17, 15) is 13.4 Å². The molecule has 3 aromatic heterocycles. The van der Waals surface area contributed by atoms with Crippen LogP contribution >= 0.6 is 11.3 Å². The molecule has 30 heavy (non-hydrogen) atoms. The number of anilines is 2. The number of aromatic nitrogens is 3. The lowest BCUT2D eigenvalue weighted by atomic mass is 10.0. The van der Waals surface area contributed by atoms with Gasteiger partial charge >= 0.3 is 0 Å². The molecule has 1 saturated carbocycles. The summed E-state index contributed by atoms with van der Waals surface area (Å²) >= 11 is 1.34. The predicted octanol–water partition coefficient (Wildman–Crippen LogP) is 4.11. The highest BCUT2D eigenvalue weighted by Crippen LogP contribution is 2.30. The molecule has 1 amide bonds. The van der Waals surface area contributed by atoms with Crippen molar-refractivity contribution in [3.63, 3.8) is 0 Å². The molecule has 3 heterocycles. The molecule has 2 unspecified atom stereocenters. The molecule has 0 saturated heterocycles. The zero-order valence-corrected chi connectivity index (χ0v) is 17.8. The minimum atomic E-state index is -1.12. The second-order valence-corrected chi connectivity index (χ2v) is 9.27. The van der Waals surface area contributed by atoms with Crippen LogP contribution in [0.2, 0.25) is 0 Å². The van der Waals surface area contributed by atoms with Crippen LogP contribution in [-0.4, -0.2) is 30.3 Å². The molecule has 1 fully saturated rings. The highest BCUT2D eigenvalue weighted by atomic mass is 32.2. The number of hydrogen-bond acceptors (Lipinski definition) is 6. The lowest BCUT2D eigenvalue weighted by Crippen LogP contribution is -2.21. The minimum Gasteiger partial charge on any atom is -0.310 e. The molecule has 10 heteroatoms. The monoisotopic (exact) mass is 445 g/mol. The first-order chi connectivity index (χ1) is 14.5. The summed E-state index contributed by atoms with van der Waals surface area (Å²) in [4.78, 5) is 25.3. The van der Waals surface area contributed by atoms with Gasteiger partial charge in [0.1, 0.15) is 22.6 Å². The number of halogens is 1. The van der Waals surface area contributed by atoms with Crippen molar-refractivity contribution >= 4 is 39.2 Å². The Balaban J connectivity index is 1.41. The van der Waals surface area contributed by atoms with E-state index in [4.69, 9.17) is 0 Å². The first-order valence-corrected chi connectivity index (χ1v) is 11.6. The van der Waals surface area contributed by atoms with Crippen molar-refractivity contribution in [2.45, 2.75) is 37.4 Å². The fraction of sp³-hybridized carbons (Fsp3) is 0.300. The van der Waals surface area contributed by atoms with Crippen molar-refractivity contribution in [3.05, 3.63) is 53.7 Å². The average Bonchev–Trinajstić information content (AvgIpc) is 3.50. The summed E-state index contributed by atoms with van der Waals surface area (Å²) in [6.45, 7) is 1.91. The van der Waals surface area contributed by atoms with Crippen molar-refractivity contribution in [1.82, 2.24) is 15.0 Å². The maximum atomic E-state index is 13.3. The van der Waals surface area contributed by atoms with E-state index in [1.807, 2.05) is 12.3 Å². The van der Waals surface area contributed by atoms with Gasteiger partial charge < -0.3 is 5.32 Å². The molecular formula is C20H20FN5O2S2. The molecule has 0 aromatic carbocycles. The minimum absolute atomic E-state index is 0.208. The number of nitrogens with one attached hydrogen (secondary N) is 2. The second-order valence-electron chi connectivity index (χ2n) is 6.95. The Morgan fingerprint density at radius 1 is 1.30 bits per heavy atom. The normalized spacial score (nSPS) is 15.4. The number of thiazole rings is 1. The van der Waals surface area contributed by atoms with E-state index in [2.05, 4.69) is 25.0 Å². The van der Waals surface area contributed by atoms with Gasteiger partial charge in [-0.3, -0.25) is 14.5 Å². The Morgan fingerprint density at radius 2 is 2.13 bits per heavy atom. The number of amides is 1. The first-order valence-electron chi connectivity index (χ1n) is 9.54. The van der Waals surface area contributed by atoms with Gasteiger partial charge in [-0.15, -0.1) is 11.3 Å². The third kappa shape index (κ3) is 4.88. The van der Waals surface area contributed by atoms with Gasteiger partial charge in [-0.2, -0.15) is 0 Å². The van der Waals surface area contributed by atoms with E-state index >= 15 is 0 Å². The molecule has 0 spiro atoms. The second kappa shape index (κ2) is 8.97. The zero-order valence-electron chi connectivity index (χ0n) is 16.2. The van der Waals surface area contributed by atoms with Crippen molar-refractivity contribution < 1.29 is 13.4 Å². The number of hydrogen-bond donors (Lipinski definition) is 2. The fourth-order valence-electron chi connectivity index (χ4n) is 2.90. The highest BCUT2D eigenvalue weighted by molar-refractivity contribution is 7.87. The Hall–Kier alpha value is -2.72. The molecule has 2 N–H and O–H groups in total. The van der Waals surface area contributed by atoms with Crippen LogP contribution in [0.3, 0.4) is 0 Å². The van der Waals surface area contributed by atoms with Gasteiger partial charge in [0.05, 0.1) is 23.1 Å². The molecule has 0 aliphatic heterocycles. The Bertz CT molecular complexity index is 1070. The molecule has 156 valence electrons. The molecule has 1 aliphatic carbocycles. The van der Waals surface area contributed by atoms with Crippen molar-refractivity contribution in [1.29, 1.82) is 0 Å². The molecule has 2 atom stereocenters. The summed E-state index contributed by atoms with van der Waals surface area (Å²) < 4.78 is 28.3. The standard InChI is InChI=1S/C20H20FN5O2S2/c1-2-16(17-11-29-20(24-17)26-30(28)15-4-5-15)19(27)25-18-6-3-12(9-23-18)13-7-14(21)10-22-8-13/h3,6-11,15-16H,2,4-5H2,1H3,(H,24,26)(H,23,25,27). The number of carbonyl (C=O) groups is 1. The van der Waals surface area contributed by atoms with Crippen molar-refractivity contribution in [3.8, 4) is 11.1 Å². The van der Waals surface area contributed by atoms with Gasteiger partial charge in [-0.05, 0) is 37.5 Å². The quantitative estimate of drug-likeness (QED) is 0.544. The zero-order chi connectivity index (χ0) is 21.1. The van der Waals surface area contributed by atoms with Crippen LogP contribution in [0.25, 0.3) is 11.1 Å². The topological polar surface area (TPSA) is 96.9 Å². The third-order valence-corrected chi connectivity index (χ3v) is 7.05. The lowest BCUT2D eigenvalue weighted by molar-refractivity contribution is -0.117. The first kappa shape index (κ1) is 20.5. The molecule has 7 nitrogen and oxygen atoms in total. The van der Waals surface area contributed by atoms with E-state index in [1.54, 1.807) is 24.5 Å². The maximum absolute atomic E-state index is 13.3. The fourth-order valence-corrected chi connectivity index (χ4v) is 4.89. The van der Waals surface area contributed by atoms with E-state index in [1.165, 1.54) is 17.4 Å². The van der Waals surface area contributed by atoms with Crippen LogP contribution < -0.4 is 10.0 Å². The molecule has 4 rings (SSSR count). The molecule has 0 radical (unpaired) electrons. The summed E-state index contributed by atoms with van der Waals surface area (Å²) in [5.74, 6) is -0.686. The Labute approximate surface area is 179 Å². The van der Waals surface area contributed by atoms with E-state index in [0.29, 0.717) is 34.2 Å². The van der Waals surface area contributed by atoms with Crippen LogP contribution in [0.15, 0.2) is 42.2 Å². The lowest BCUT2D eigenvalue weighted by Gasteiger charge is -2.13. The Kier molecular flexibility index (Phi) is 6.14. The van der Waals surface area contributed by atoms with Gasteiger partial charge in [0, 0.05) is 28.9 Å². The number of nitrogens with zero attached hydrogens (tertiary/aromatic N) is 3. The van der Waals surface area contributed by atoms with Crippen LogP contribution in [0, 0.1) is 5.82 Å².